The normalized spacial score (nSPS) is 15.2. The van der Waals surface area contributed by atoms with Gasteiger partial charge in [0.2, 0.25) is 0 Å². The summed E-state index contributed by atoms with van der Waals surface area (Å²) in [6, 6.07) is 0. The Morgan fingerprint density at radius 3 is 0.973 bits per heavy atom. The van der Waals surface area contributed by atoms with Crippen LogP contribution in [0.4, 0.5) is 0 Å². The van der Waals surface area contributed by atoms with Crippen LogP contribution >= 0.6 is 0 Å². The molecule has 0 bridgehead atoms. The van der Waals surface area contributed by atoms with Crippen molar-refractivity contribution in [1.29, 1.82) is 0 Å². The second-order valence-electron chi connectivity index (χ2n) is 11.0. The van der Waals surface area contributed by atoms with E-state index in [-0.39, 0.29) is 46.9 Å². The predicted molar refractivity (Wildman–Crippen MR) is 143 cm³/mol. The molecule has 0 spiro atoms. The zero-order chi connectivity index (χ0) is 28.8. The topological polar surface area (TPSA) is 120 Å². The van der Waals surface area contributed by atoms with Gasteiger partial charge in [-0.3, -0.25) is 0 Å². The van der Waals surface area contributed by atoms with Crippen LogP contribution in [-0.4, -0.2) is 17.9 Å². The van der Waals surface area contributed by atoms with Gasteiger partial charge in [0.1, 0.15) is 0 Å². The molecule has 37 heavy (non-hydrogen) atoms. The van der Waals surface area contributed by atoms with E-state index in [1.165, 1.54) is 0 Å². The Balaban J connectivity index is -0.000000218. The first-order valence-corrected chi connectivity index (χ1v) is 14.3. The average molecular weight is 687 g/mol. The van der Waals surface area contributed by atoms with Crippen molar-refractivity contribution >= 4 is 17.9 Å². The molecule has 3 unspecified atom stereocenters. The van der Waals surface area contributed by atoms with Crippen LogP contribution in [0.15, 0.2) is 0 Å². The van der Waals surface area contributed by atoms with Gasteiger partial charge in [-0.15, -0.1) is 0 Å². The van der Waals surface area contributed by atoms with Gasteiger partial charge in [-0.1, -0.05) is 120 Å². The molecule has 0 aliphatic heterocycles. The maximum Gasteiger partial charge on any atom is 3.00 e. The first-order valence-electron chi connectivity index (χ1n) is 14.3. The third kappa shape index (κ3) is 20.5. The van der Waals surface area contributed by atoms with Crippen LogP contribution in [0.25, 0.3) is 0 Å². The van der Waals surface area contributed by atoms with E-state index in [0.717, 1.165) is 83.5 Å². The van der Waals surface area contributed by atoms with E-state index in [0.29, 0.717) is 12.8 Å². The van der Waals surface area contributed by atoms with E-state index in [1.807, 2.05) is 20.8 Å². The number of hydrogen-bond donors (Lipinski definition) is 0. The van der Waals surface area contributed by atoms with Gasteiger partial charge in [0.25, 0.3) is 0 Å². The summed E-state index contributed by atoms with van der Waals surface area (Å²) in [5.41, 5.74) is -1.80. The summed E-state index contributed by atoms with van der Waals surface area (Å²) in [6.07, 6.45) is 13.7. The summed E-state index contributed by atoms with van der Waals surface area (Å²) < 4.78 is 0. The second-order valence-corrected chi connectivity index (χ2v) is 11.0. The zero-order valence-corrected chi connectivity index (χ0v) is 27.0. The van der Waals surface area contributed by atoms with Gasteiger partial charge >= 0.3 is 46.9 Å². The molecule has 0 amide bonds. The van der Waals surface area contributed by atoms with E-state index in [2.05, 4.69) is 20.8 Å². The van der Waals surface area contributed by atoms with Gasteiger partial charge in [0.15, 0.2) is 0 Å². The standard InChI is InChI=1S/3C10H20O2.Yb/c2*1-4-6-7-8-10(3,5-2)9(11)12;1-4-6-8-10(3,7-5-2)9(11)12;/h3*4-8H2,1-3H3,(H,11,12);/q;;;+3/p-3. The SMILES string of the molecule is CCCCC(C)(CCC)C(=O)[O-].CCCCCC(C)(CC)C(=O)[O-].CCCCCC(C)(CC)C(=O)[O-].[Yb+3]. The smallest absolute Gasteiger partial charge is 0.550 e. The third-order valence-electron chi connectivity index (χ3n) is 7.59. The molecule has 3 atom stereocenters. The van der Waals surface area contributed by atoms with Crippen molar-refractivity contribution in [2.75, 3.05) is 0 Å². The maximum absolute atomic E-state index is 10.8. The predicted octanol–water partition coefficient (Wildman–Crippen LogP) is 5.20. The van der Waals surface area contributed by atoms with Crippen LogP contribution < -0.4 is 15.3 Å². The van der Waals surface area contributed by atoms with E-state index >= 15 is 0 Å². The minimum atomic E-state index is -0.902. The summed E-state index contributed by atoms with van der Waals surface area (Å²) in [5, 5.41) is 32.3. The molecular weight excluding hydrogens is 629 g/mol. The Hall–Kier alpha value is -0.0705. The molecule has 0 fully saturated rings. The van der Waals surface area contributed by atoms with Crippen LogP contribution in [-0.2, 0) is 14.4 Å². The molecular formula is C30H57O6Yb. The van der Waals surface area contributed by atoms with Crippen LogP contribution in [0.2, 0.25) is 0 Å². The number of carboxylic acid groups (broad SMARTS) is 3. The van der Waals surface area contributed by atoms with Crippen LogP contribution in [0.5, 0.6) is 0 Å². The Morgan fingerprint density at radius 1 is 0.459 bits per heavy atom. The third-order valence-corrected chi connectivity index (χ3v) is 7.59. The molecule has 0 heterocycles. The van der Waals surface area contributed by atoms with Gasteiger partial charge in [0.05, 0.1) is 0 Å². The minimum Gasteiger partial charge on any atom is -0.550 e. The Morgan fingerprint density at radius 2 is 0.757 bits per heavy atom. The van der Waals surface area contributed by atoms with Crippen molar-refractivity contribution in [3.63, 3.8) is 0 Å². The molecule has 0 aliphatic rings. The van der Waals surface area contributed by atoms with Crippen molar-refractivity contribution in [3.05, 3.63) is 0 Å². The quantitative estimate of drug-likeness (QED) is 0.183. The fraction of sp³-hybridized carbons (Fsp3) is 0.900. The zero-order valence-electron chi connectivity index (χ0n) is 25.3. The minimum absolute atomic E-state index is 0. The van der Waals surface area contributed by atoms with Crippen molar-refractivity contribution in [2.24, 2.45) is 16.2 Å². The molecule has 0 saturated heterocycles. The molecule has 0 aromatic heterocycles. The molecule has 0 aliphatic carbocycles. The van der Waals surface area contributed by atoms with Gasteiger partial charge < -0.3 is 29.7 Å². The number of hydrogen-bond acceptors (Lipinski definition) is 6. The van der Waals surface area contributed by atoms with Crippen molar-refractivity contribution < 1.29 is 76.6 Å². The fourth-order valence-electron chi connectivity index (χ4n) is 3.82. The molecule has 1 radical (unpaired) electrons. The van der Waals surface area contributed by atoms with Crippen molar-refractivity contribution in [1.82, 2.24) is 0 Å². The van der Waals surface area contributed by atoms with Crippen molar-refractivity contribution in [2.45, 2.75) is 159 Å². The second kappa shape index (κ2) is 24.9. The largest absolute Gasteiger partial charge is 3.00 e. The van der Waals surface area contributed by atoms with Crippen LogP contribution in [0, 0.1) is 63.2 Å². The summed E-state index contributed by atoms with van der Waals surface area (Å²) in [6.45, 7) is 17.5. The van der Waals surface area contributed by atoms with E-state index < -0.39 is 34.2 Å². The molecule has 227 valence electrons. The molecule has 0 rings (SSSR count). The molecule has 0 aromatic carbocycles. The number of aliphatic carboxylic acids is 3. The van der Waals surface area contributed by atoms with Crippen LogP contribution in [0.1, 0.15) is 159 Å². The number of carboxylic acids is 3. The van der Waals surface area contributed by atoms with Crippen molar-refractivity contribution in [3.8, 4) is 0 Å². The Kier molecular flexibility index (Phi) is 29.6. The van der Waals surface area contributed by atoms with E-state index in [1.54, 1.807) is 20.8 Å². The number of carbonyl (C=O) groups is 3. The fourth-order valence-corrected chi connectivity index (χ4v) is 3.82. The maximum atomic E-state index is 10.8. The molecule has 7 heteroatoms. The first-order chi connectivity index (χ1) is 16.7. The molecule has 0 saturated carbocycles. The monoisotopic (exact) mass is 687 g/mol. The number of rotatable bonds is 18. The number of unbranched alkanes of at least 4 members (excludes halogenated alkanes) is 5. The van der Waals surface area contributed by atoms with E-state index in [4.69, 9.17) is 0 Å². The first kappa shape index (κ1) is 44.0. The summed E-state index contributed by atoms with van der Waals surface area (Å²) in [5.74, 6) is -2.69. The van der Waals surface area contributed by atoms with Gasteiger partial charge in [-0.2, -0.15) is 0 Å². The van der Waals surface area contributed by atoms with Gasteiger partial charge in [-0.05, 0) is 38.5 Å². The van der Waals surface area contributed by atoms with Gasteiger partial charge in [0, 0.05) is 34.2 Å². The van der Waals surface area contributed by atoms with E-state index in [9.17, 15) is 29.7 Å². The molecule has 0 N–H and O–H groups in total. The Labute approximate surface area is 267 Å². The molecule has 6 nitrogen and oxygen atoms in total. The van der Waals surface area contributed by atoms with Gasteiger partial charge in [-0.25, -0.2) is 0 Å². The summed E-state index contributed by atoms with van der Waals surface area (Å²) in [7, 11) is 0. The number of carbonyl (C=O) groups excluding carboxylic acids is 3. The average Bonchev–Trinajstić information content (AvgIpc) is 2.83. The summed E-state index contributed by atoms with van der Waals surface area (Å²) in [4.78, 5) is 32.3. The molecule has 0 aromatic rings. The Bertz CT molecular complexity index is 563. The van der Waals surface area contributed by atoms with Crippen LogP contribution in [0.3, 0.4) is 0 Å². The summed E-state index contributed by atoms with van der Waals surface area (Å²) >= 11 is 0.